The molecular weight excluding hydrogens is 392 g/mol. The number of aliphatic hydroxyl groups excluding tert-OH is 2. The fourth-order valence-corrected chi connectivity index (χ4v) is 10.6. The molecule has 0 spiro atoms. The summed E-state index contributed by atoms with van der Waals surface area (Å²) in [4.78, 5) is 0. The summed E-state index contributed by atoms with van der Waals surface area (Å²) in [5.41, 5.74) is 2.76. The quantitative estimate of drug-likeness (QED) is 0.391. The van der Waals surface area contributed by atoms with Crippen molar-refractivity contribution >= 4 is 0 Å². The van der Waals surface area contributed by atoms with E-state index >= 15 is 0 Å². The van der Waals surface area contributed by atoms with E-state index < -0.39 is 0 Å². The maximum absolute atomic E-state index is 11.9. The van der Waals surface area contributed by atoms with Gasteiger partial charge in [0.05, 0.1) is 12.2 Å². The van der Waals surface area contributed by atoms with E-state index in [1.165, 1.54) is 44.9 Å². The Kier molecular flexibility index (Phi) is 4.87. The number of allylic oxidation sites excluding steroid dienone is 1. The molecule has 2 N–H and O–H groups in total. The van der Waals surface area contributed by atoms with Crippen molar-refractivity contribution in [1.82, 2.24) is 0 Å². The Hall–Kier alpha value is -0.340. The zero-order valence-electron chi connectivity index (χ0n) is 22.2. The van der Waals surface area contributed by atoms with E-state index in [0.29, 0.717) is 22.7 Å². The molecule has 0 unspecified atom stereocenters. The molecule has 32 heavy (non-hydrogen) atoms. The highest BCUT2D eigenvalue weighted by molar-refractivity contribution is 5.35. The second-order valence-corrected chi connectivity index (χ2v) is 15.4. The molecule has 0 bridgehead atoms. The van der Waals surface area contributed by atoms with Gasteiger partial charge in [0.25, 0.3) is 0 Å². The Bertz CT molecular complexity index is 825. The van der Waals surface area contributed by atoms with E-state index in [1.54, 1.807) is 5.57 Å². The second-order valence-electron chi connectivity index (χ2n) is 15.4. The van der Waals surface area contributed by atoms with Gasteiger partial charge in [-0.3, -0.25) is 0 Å². The number of hydrogen-bond acceptors (Lipinski definition) is 2. The Morgan fingerprint density at radius 2 is 1.44 bits per heavy atom. The molecular formula is C30H50O2. The van der Waals surface area contributed by atoms with E-state index in [1.807, 2.05) is 0 Å². The third-order valence-corrected chi connectivity index (χ3v) is 13.0. The fourth-order valence-electron chi connectivity index (χ4n) is 10.6. The number of fused-ring (bicyclic) bond motifs is 7. The minimum absolute atomic E-state index is 0.0719. The Labute approximate surface area is 197 Å². The molecule has 9 atom stereocenters. The normalized spacial score (nSPS) is 56.2. The summed E-state index contributed by atoms with van der Waals surface area (Å²) in [6, 6.07) is 0. The van der Waals surface area contributed by atoms with E-state index in [-0.39, 0.29) is 39.8 Å². The molecule has 5 aliphatic carbocycles. The van der Waals surface area contributed by atoms with Crippen molar-refractivity contribution in [2.24, 2.45) is 50.2 Å². The summed E-state index contributed by atoms with van der Waals surface area (Å²) in [6.07, 6.45) is 12.7. The summed E-state index contributed by atoms with van der Waals surface area (Å²) in [7, 11) is 0. The van der Waals surface area contributed by atoms with Gasteiger partial charge in [-0.15, -0.1) is 0 Å². The molecule has 2 nitrogen and oxygen atoms in total. The van der Waals surface area contributed by atoms with Gasteiger partial charge in [-0.2, -0.15) is 0 Å². The minimum Gasteiger partial charge on any atom is -0.393 e. The lowest BCUT2D eigenvalue weighted by Gasteiger charge is -2.72. The van der Waals surface area contributed by atoms with Crippen LogP contribution < -0.4 is 0 Å². The SMILES string of the molecule is CC1(C)CC[C@@]2(C)CC[C@@]3(C)C(=C[C@H](O)[C@H]4[C@]5(C)CC[C@@H](O)C(C)(C)[C@H]5CC[C@@]43C)[C@H]2C1. The first-order chi connectivity index (χ1) is 14.6. The maximum atomic E-state index is 11.9. The van der Waals surface area contributed by atoms with Crippen LogP contribution in [0.5, 0.6) is 0 Å². The first-order valence-corrected chi connectivity index (χ1v) is 13.7. The van der Waals surface area contributed by atoms with Crippen LogP contribution in [-0.2, 0) is 0 Å². The molecule has 2 heteroatoms. The topological polar surface area (TPSA) is 40.5 Å². The van der Waals surface area contributed by atoms with Crippen molar-refractivity contribution in [3.63, 3.8) is 0 Å². The molecule has 4 saturated carbocycles. The van der Waals surface area contributed by atoms with Gasteiger partial charge >= 0.3 is 0 Å². The largest absolute Gasteiger partial charge is 0.393 e. The third kappa shape index (κ3) is 2.78. The van der Waals surface area contributed by atoms with Crippen molar-refractivity contribution in [2.45, 2.75) is 125 Å². The van der Waals surface area contributed by atoms with Gasteiger partial charge in [-0.1, -0.05) is 67.0 Å². The third-order valence-electron chi connectivity index (χ3n) is 13.0. The lowest BCUT2D eigenvalue weighted by Crippen LogP contribution is -2.67. The van der Waals surface area contributed by atoms with Crippen LogP contribution in [0, 0.1) is 50.2 Å². The molecule has 0 heterocycles. The monoisotopic (exact) mass is 442 g/mol. The van der Waals surface area contributed by atoms with Gasteiger partial charge in [0.2, 0.25) is 0 Å². The van der Waals surface area contributed by atoms with E-state index in [4.69, 9.17) is 0 Å². The highest BCUT2D eigenvalue weighted by atomic mass is 16.3. The van der Waals surface area contributed by atoms with Gasteiger partial charge in [-0.05, 0) is 102 Å². The first kappa shape index (κ1) is 23.4. The van der Waals surface area contributed by atoms with Crippen LogP contribution in [0.4, 0.5) is 0 Å². The zero-order valence-corrected chi connectivity index (χ0v) is 22.2. The summed E-state index contributed by atoms with van der Waals surface area (Å²) < 4.78 is 0. The molecule has 0 radical (unpaired) electrons. The van der Waals surface area contributed by atoms with Gasteiger partial charge in [0, 0.05) is 5.92 Å². The molecule has 182 valence electrons. The summed E-state index contributed by atoms with van der Waals surface area (Å²) >= 11 is 0. The van der Waals surface area contributed by atoms with Gasteiger partial charge in [-0.25, -0.2) is 0 Å². The molecule has 0 aromatic carbocycles. The lowest BCUT2D eigenvalue weighted by atomic mass is 9.33. The maximum Gasteiger partial charge on any atom is 0.0762 e. The summed E-state index contributed by atoms with van der Waals surface area (Å²) in [6.45, 7) is 19.7. The van der Waals surface area contributed by atoms with E-state index in [0.717, 1.165) is 12.8 Å². The molecule has 5 aliphatic rings. The van der Waals surface area contributed by atoms with Crippen molar-refractivity contribution in [3.05, 3.63) is 11.6 Å². The number of hydrogen-bond donors (Lipinski definition) is 2. The van der Waals surface area contributed by atoms with E-state index in [9.17, 15) is 10.2 Å². The van der Waals surface area contributed by atoms with Crippen molar-refractivity contribution in [2.75, 3.05) is 0 Å². The van der Waals surface area contributed by atoms with Gasteiger partial charge in [0.15, 0.2) is 0 Å². The lowest BCUT2D eigenvalue weighted by molar-refractivity contribution is -0.224. The smallest absolute Gasteiger partial charge is 0.0762 e. The average molecular weight is 443 g/mol. The molecule has 0 saturated heterocycles. The zero-order chi connectivity index (χ0) is 23.5. The van der Waals surface area contributed by atoms with Crippen LogP contribution in [0.3, 0.4) is 0 Å². The Balaban J connectivity index is 1.62. The van der Waals surface area contributed by atoms with Crippen LogP contribution in [0.25, 0.3) is 0 Å². The standard InChI is InChI=1S/C30H50O2/c1-25(2)13-14-27(5)15-16-29(7)19(20(27)18-25)17-21(31)24-28(6)11-10-23(32)26(3,4)22(28)9-12-30(24,29)8/h17,20-24,31-32H,9-16,18H2,1-8H3/t20-,21+,22-,23-,24+,27+,28-,29+,30+/m1/s1. The van der Waals surface area contributed by atoms with Crippen LogP contribution in [0.1, 0.15) is 113 Å². The first-order valence-electron chi connectivity index (χ1n) is 13.7. The van der Waals surface area contributed by atoms with Crippen LogP contribution >= 0.6 is 0 Å². The molecule has 0 aliphatic heterocycles. The fraction of sp³-hybridized carbons (Fsp3) is 0.933. The van der Waals surface area contributed by atoms with Crippen LogP contribution in [0.15, 0.2) is 11.6 Å². The van der Waals surface area contributed by atoms with Crippen LogP contribution in [0.2, 0.25) is 0 Å². The number of rotatable bonds is 0. The number of aliphatic hydroxyl groups is 2. The molecule has 0 aromatic rings. The molecule has 0 aromatic heterocycles. The summed E-state index contributed by atoms with van der Waals surface area (Å²) in [5, 5.41) is 22.8. The average Bonchev–Trinajstić information content (AvgIpc) is 2.68. The Morgan fingerprint density at radius 3 is 2.12 bits per heavy atom. The van der Waals surface area contributed by atoms with Crippen molar-refractivity contribution in [1.29, 1.82) is 0 Å². The highest BCUT2D eigenvalue weighted by Gasteiger charge is 2.69. The molecule has 5 rings (SSSR count). The van der Waals surface area contributed by atoms with Gasteiger partial charge < -0.3 is 10.2 Å². The Morgan fingerprint density at radius 1 is 0.781 bits per heavy atom. The van der Waals surface area contributed by atoms with Crippen LogP contribution in [-0.4, -0.2) is 22.4 Å². The predicted molar refractivity (Wildman–Crippen MR) is 132 cm³/mol. The molecule has 4 fully saturated rings. The summed E-state index contributed by atoms with van der Waals surface area (Å²) in [5.74, 6) is 1.38. The van der Waals surface area contributed by atoms with Crippen molar-refractivity contribution < 1.29 is 10.2 Å². The second kappa shape index (κ2) is 6.66. The highest BCUT2D eigenvalue weighted by Crippen LogP contribution is 2.75. The predicted octanol–water partition coefficient (Wildman–Crippen LogP) is 7.14. The van der Waals surface area contributed by atoms with Crippen molar-refractivity contribution in [3.8, 4) is 0 Å². The van der Waals surface area contributed by atoms with E-state index in [2.05, 4.69) is 61.5 Å². The minimum atomic E-state index is -0.352. The van der Waals surface area contributed by atoms with Gasteiger partial charge in [0.1, 0.15) is 0 Å². The molecule has 0 amide bonds.